The average Bonchev–Trinajstić information content (AvgIpc) is 3.47. The number of ether oxygens (including phenoxy) is 2. The standard InChI is InChI=1S/C44H41ClN8O6/c1-24(2)53(25(3)4)20-18-43(39(46)57,37-7-5-6-19-47-37)26-8-10-27(11-9-26)48-41-50-40(45)51-42(52-41)49-28-12-15-32-31(21-28)38(56)59-44(32)33-16-13-29(54)22-35(33)58-36-23-30(55)14-17-34(36)44/h5-17,19,21-25,54-55H,18,20H2,1-4H3,(H2,46,57)(H2,48,49,50,51,52). The third kappa shape index (κ3) is 6.99. The number of anilines is 4. The SMILES string of the molecule is CC(C)N(CCC(C(N)=O)(c1ccc(Nc2nc(Cl)nc(Nc3ccc4c(c3)C(=O)OC43c4ccc(O)cc4Oc4cc(O)ccc43)n2)cc1)c1ccccn1)C(C)C. The molecule has 0 radical (unpaired) electrons. The highest BCUT2D eigenvalue weighted by atomic mass is 35.5. The van der Waals surface area contributed by atoms with Gasteiger partial charge >= 0.3 is 5.97 Å². The van der Waals surface area contributed by atoms with E-state index in [1.807, 2.05) is 24.3 Å². The number of rotatable bonds is 12. The van der Waals surface area contributed by atoms with Gasteiger partial charge in [0.2, 0.25) is 23.1 Å². The van der Waals surface area contributed by atoms with Crippen molar-refractivity contribution in [1.82, 2.24) is 24.8 Å². The molecule has 2 aliphatic heterocycles. The van der Waals surface area contributed by atoms with E-state index in [1.54, 1.807) is 54.7 Å². The number of nitrogens with zero attached hydrogens (tertiary/aromatic N) is 5. The molecule has 4 heterocycles. The van der Waals surface area contributed by atoms with Crippen molar-refractivity contribution in [3.8, 4) is 23.0 Å². The summed E-state index contributed by atoms with van der Waals surface area (Å²) in [5, 5.41) is 26.7. The van der Waals surface area contributed by atoms with Crippen LogP contribution in [0.4, 0.5) is 23.3 Å². The highest BCUT2D eigenvalue weighted by molar-refractivity contribution is 6.28. The molecule has 0 saturated heterocycles. The molecule has 15 heteroatoms. The second-order valence-electron chi connectivity index (χ2n) is 15.0. The third-order valence-electron chi connectivity index (χ3n) is 10.9. The fraction of sp³-hybridized carbons (Fsp3) is 0.227. The summed E-state index contributed by atoms with van der Waals surface area (Å²) in [5.74, 6) is -0.375. The number of phenols is 2. The number of amides is 1. The van der Waals surface area contributed by atoms with Gasteiger partial charge in [-0.2, -0.15) is 15.0 Å². The van der Waals surface area contributed by atoms with Crippen LogP contribution < -0.4 is 21.1 Å². The fourth-order valence-electron chi connectivity index (χ4n) is 8.18. The molecule has 1 amide bonds. The van der Waals surface area contributed by atoms with Crippen molar-refractivity contribution >= 4 is 46.7 Å². The normalized spacial score (nSPS) is 14.6. The number of aromatic nitrogens is 4. The number of esters is 1. The fourth-order valence-corrected chi connectivity index (χ4v) is 8.34. The average molecular weight is 813 g/mol. The van der Waals surface area contributed by atoms with Crippen LogP contribution >= 0.6 is 11.6 Å². The van der Waals surface area contributed by atoms with E-state index in [4.69, 9.17) is 26.8 Å². The van der Waals surface area contributed by atoms with Gasteiger partial charge in [0.05, 0.1) is 11.3 Å². The lowest BCUT2D eigenvalue weighted by Gasteiger charge is -2.36. The molecule has 6 aromatic rings. The number of fused-ring (bicyclic) bond motifs is 6. The zero-order valence-electron chi connectivity index (χ0n) is 32.6. The van der Waals surface area contributed by atoms with Gasteiger partial charge in [-0.1, -0.05) is 24.3 Å². The number of hydrogen-bond donors (Lipinski definition) is 5. The second-order valence-corrected chi connectivity index (χ2v) is 15.4. The number of carbonyl (C=O) groups is 2. The minimum absolute atomic E-state index is 0.0370. The molecule has 14 nitrogen and oxygen atoms in total. The van der Waals surface area contributed by atoms with Crippen LogP contribution in [0.5, 0.6) is 23.0 Å². The summed E-state index contributed by atoms with van der Waals surface area (Å²) < 4.78 is 12.2. The van der Waals surface area contributed by atoms with Crippen molar-refractivity contribution in [1.29, 1.82) is 0 Å². The molecule has 2 aromatic heterocycles. The van der Waals surface area contributed by atoms with Gasteiger partial charge in [0.15, 0.2) is 5.60 Å². The van der Waals surface area contributed by atoms with E-state index in [0.717, 1.165) is 0 Å². The molecular weight excluding hydrogens is 772 g/mol. The van der Waals surface area contributed by atoms with Crippen LogP contribution in [0.3, 0.4) is 0 Å². The second kappa shape index (κ2) is 15.2. The first kappa shape index (κ1) is 39.1. The molecule has 1 unspecified atom stereocenters. The summed E-state index contributed by atoms with van der Waals surface area (Å²) in [6, 6.07) is 27.6. The summed E-state index contributed by atoms with van der Waals surface area (Å²) in [5.41, 5.74) is 7.80. The summed E-state index contributed by atoms with van der Waals surface area (Å²) >= 11 is 6.38. The number of aromatic hydroxyl groups is 2. The Kier molecular flexibility index (Phi) is 10.1. The number of pyridine rings is 1. The Hall–Kier alpha value is -6.77. The van der Waals surface area contributed by atoms with Crippen LogP contribution in [-0.4, -0.2) is 65.6 Å². The topological polar surface area (TPSA) is 198 Å². The number of hydrogen-bond acceptors (Lipinski definition) is 13. The smallest absolute Gasteiger partial charge is 0.340 e. The number of benzene rings is 4. The zero-order chi connectivity index (χ0) is 41.6. The Bertz CT molecular complexity index is 2530. The molecule has 2 aliphatic rings. The lowest BCUT2D eigenvalue weighted by atomic mass is 9.73. The van der Waals surface area contributed by atoms with E-state index < -0.39 is 22.9 Å². The van der Waals surface area contributed by atoms with E-state index in [2.05, 4.69) is 63.2 Å². The van der Waals surface area contributed by atoms with E-state index in [-0.39, 0.29) is 57.8 Å². The van der Waals surface area contributed by atoms with Crippen molar-refractivity contribution < 1.29 is 29.3 Å². The summed E-state index contributed by atoms with van der Waals surface area (Å²) in [4.78, 5) is 47.1. The van der Waals surface area contributed by atoms with E-state index in [9.17, 15) is 19.8 Å². The first-order valence-electron chi connectivity index (χ1n) is 19.0. The molecule has 1 atom stereocenters. The van der Waals surface area contributed by atoms with Crippen molar-refractivity contribution in [3.05, 3.63) is 142 Å². The maximum atomic E-state index is 13.6. The van der Waals surface area contributed by atoms with Gasteiger partial charge in [0.25, 0.3) is 0 Å². The first-order chi connectivity index (χ1) is 28.3. The molecule has 4 aromatic carbocycles. The Labute approximate surface area is 345 Å². The Morgan fingerprint density at radius 3 is 1.98 bits per heavy atom. The molecule has 0 aliphatic carbocycles. The molecule has 6 N–H and O–H groups in total. The maximum absolute atomic E-state index is 13.6. The lowest BCUT2D eigenvalue weighted by molar-refractivity contribution is -0.122. The number of primary amides is 1. The molecule has 8 rings (SSSR count). The minimum Gasteiger partial charge on any atom is -0.508 e. The van der Waals surface area contributed by atoms with Crippen LogP contribution in [-0.2, 0) is 20.5 Å². The summed E-state index contributed by atoms with van der Waals surface area (Å²) in [6.07, 6.45) is 2.09. The van der Waals surface area contributed by atoms with Crippen LogP contribution in [0.1, 0.15) is 72.4 Å². The van der Waals surface area contributed by atoms with E-state index in [1.165, 1.54) is 24.3 Å². The van der Waals surface area contributed by atoms with Gasteiger partial charge in [0, 0.05) is 65.0 Å². The van der Waals surface area contributed by atoms with Crippen LogP contribution in [0.2, 0.25) is 5.28 Å². The number of nitrogens with two attached hydrogens (primary N) is 1. The van der Waals surface area contributed by atoms with Crippen molar-refractivity contribution in [2.24, 2.45) is 5.73 Å². The number of phenolic OH excluding ortho intramolecular Hbond substituents is 2. The molecule has 0 saturated carbocycles. The van der Waals surface area contributed by atoms with Crippen LogP contribution in [0.15, 0.2) is 103 Å². The van der Waals surface area contributed by atoms with Crippen LogP contribution in [0.25, 0.3) is 0 Å². The minimum atomic E-state index is -1.41. The third-order valence-corrected chi connectivity index (χ3v) is 11.0. The van der Waals surface area contributed by atoms with Crippen molar-refractivity contribution in [3.63, 3.8) is 0 Å². The highest BCUT2D eigenvalue weighted by Gasteiger charge is 2.54. The Morgan fingerprint density at radius 2 is 1.41 bits per heavy atom. The van der Waals surface area contributed by atoms with E-state index >= 15 is 0 Å². The largest absolute Gasteiger partial charge is 0.508 e. The quantitative estimate of drug-likeness (QED) is 0.0756. The number of halogens is 1. The molecule has 300 valence electrons. The van der Waals surface area contributed by atoms with Crippen molar-refractivity contribution in [2.75, 3.05) is 17.2 Å². The van der Waals surface area contributed by atoms with Gasteiger partial charge in [-0.05, 0) is 112 Å². The van der Waals surface area contributed by atoms with Gasteiger partial charge < -0.3 is 36.1 Å². The van der Waals surface area contributed by atoms with Gasteiger partial charge in [-0.25, -0.2) is 4.79 Å². The van der Waals surface area contributed by atoms with Gasteiger partial charge in [-0.3, -0.25) is 14.7 Å². The van der Waals surface area contributed by atoms with Crippen LogP contribution in [0, 0.1) is 0 Å². The number of nitrogens with one attached hydrogen (secondary N) is 2. The maximum Gasteiger partial charge on any atom is 0.340 e. The molecule has 0 bridgehead atoms. The summed E-state index contributed by atoms with van der Waals surface area (Å²) in [6.45, 7) is 9.14. The van der Waals surface area contributed by atoms with E-state index in [0.29, 0.717) is 52.3 Å². The van der Waals surface area contributed by atoms with Crippen molar-refractivity contribution in [2.45, 2.75) is 57.2 Å². The first-order valence-corrected chi connectivity index (χ1v) is 19.4. The summed E-state index contributed by atoms with van der Waals surface area (Å²) in [7, 11) is 0. The predicted octanol–water partition coefficient (Wildman–Crippen LogP) is 7.67. The van der Waals surface area contributed by atoms with Gasteiger partial charge in [0.1, 0.15) is 28.4 Å². The Morgan fingerprint density at radius 1 is 0.814 bits per heavy atom. The lowest BCUT2D eigenvalue weighted by Crippen LogP contribution is -2.47. The highest BCUT2D eigenvalue weighted by Crippen LogP contribution is 2.57. The monoisotopic (exact) mass is 812 g/mol. The van der Waals surface area contributed by atoms with Gasteiger partial charge in [-0.15, -0.1) is 0 Å². The zero-order valence-corrected chi connectivity index (χ0v) is 33.4. The molecule has 0 fully saturated rings. The number of carbonyl (C=O) groups excluding carboxylic acids is 2. The Balaban J connectivity index is 1.07. The molecule has 59 heavy (non-hydrogen) atoms. The molecule has 1 spiro atoms. The predicted molar refractivity (Wildman–Crippen MR) is 222 cm³/mol. The molecular formula is C44H41ClN8O6.